The van der Waals surface area contributed by atoms with Gasteiger partial charge in [0.15, 0.2) is 5.92 Å². The molecule has 1 unspecified atom stereocenters. The Hall–Kier alpha value is -1.91. The van der Waals surface area contributed by atoms with Crippen molar-refractivity contribution in [3.63, 3.8) is 0 Å². The van der Waals surface area contributed by atoms with Gasteiger partial charge < -0.3 is 9.84 Å². The van der Waals surface area contributed by atoms with Crippen LogP contribution in [-0.4, -0.2) is 23.7 Å². The fraction of sp³-hybridized carbons (Fsp3) is 0.333. The van der Waals surface area contributed by atoms with Gasteiger partial charge in [-0.05, 0) is 25.0 Å². The van der Waals surface area contributed by atoms with E-state index in [-0.39, 0.29) is 18.6 Å². The molecule has 0 fully saturated rings. The van der Waals surface area contributed by atoms with Crippen molar-refractivity contribution in [3.8, 4) is 0 Å². The van der Waals surface area contributed by atoms with Gasteiger partial charge in [0.05, 0.1) is 6.61 Å². The summed E-state index contributed by atoms with van der Waals surface area (Å²) < 4.78 is 18.0. The number of rotatable bonds is 5. The van der Waals surface area contributed by atoms with Crippen LogP contribution in [0.25, 0.3) is 0 Å². The molecule has 0 aliphatic carbocycles. The van der Waals surface area contributed by atoms with Gasteiger partial charge in [-0.2, -0.15) is 0 Å². The molecule has 1 rings (SSSR count). The third kappa shape index (κ3) is 3.55. The van der Waals surface area contributed by atoms with E-state index < -0.39 is 23.7 Å². The van der Waals surface area contributed by atoms with Crippen molar-refractivity contribution >= 4 is 11.9 Å². The number of benzene rings is 1. The van der Waals surface area contributed by atoms with E-state index in [1.807, 2.05) is 0 Å². The van der Waals surface area contributed by atoms with Gasteiger partial charge in [0.2, 0.25) is 0 Å². The Labute approximate surface area is 98.0 Å². The van der Waals surface area contributed by atoms with Crippen LogP contribution in [0.5, 0.6) is 0 Å². The van der Waals surface area contributed by atoms with Gasteiger partial charge in [-0.25, -0.2) is 4.39 Å². The second-order valence-electron chi connectivity index (χ2n) is 3.44. The van der Waals surface area contributed by atoms with Gasteiger partial charge in [-0.1, -0.05) is 18.2 Å². The van der Waals surface area contributed by atoms with E-state index in [2.05, 4.69) is 4.74 Å². The number of ether oxygens (including phenoxy) is 1. The normalized spacial score (nSPS) is 11.9. The molecule has 1 aromatic carbocycles. The van der Waals surface area contributed by atoms with Crippen LogP contribution in [0.2, 0.25) is 0 Å². The van der Waals surface area contributed by atoms with Crippen LogP contribution in [0.4, 0.5) is 4.39 Å². The number of hydrogen-bond donors (Lipinski definition) is 1. The molecule has 0 saturated carbocycles. The van der Waals surface area contributed by atoms with Crippen molar-refractivity contribution in [2.75, 3.05) is 6.61 Å². The van der Waals surface area contributed by atoms with Crippen LogP contribution >= 0.6 is 0 Å². The Balaban J connectivity index is 2.84. The molecule has 0 aliphatic heterocycles. The fourth-order valence-corrected chi connectivity index (χ4v) is 1.40. The summed E-state index contributed by atoms with van der Waals surface area (Å²) in [5.41, 5.74) is 0.188. The Morgan fingerprint density at radius 2 is 2.06 bits per heavy atom. The van der Waals surface area contributed by atoms with Crippen LogP contribution in [0, 0.1) is 11.7 Å². The minimum Gasteiger partial charge on any atom is -0.481 e. The van der Waals surface area contributed by atoms with Crippen molar-refractivity contribution in [2.24, 2.45) is 5.92 Å². The lowest BCUT2D eigenvalue weighted by molar-refractivity contribution is -0.158. The summed E-state index contributed by atoms with van der Waals surface area (Å²) in [5, 5.41) is 8.90. The molecule has 1 aromatic rings. The van der Waals surface area contributed by atoms with Gasteiger partial charge in [-0.15, -0.1) is 0 Å². The number of carboxylic acids is 1. The molecule has 0 saturated heterocycles. The lowest BCUT2D eigenvalue weighted by atomic mass is 9.99. The molecule has 0 heterocycles. The fourth-order valence-electron chi connectivity index (χ4n) is 1.40. The van der Waals surface area contributed by atoms with Gasteiger partial charge in [0.1, 0.15) is 5.82 Å². The zero-order valence-electron chi connectivity index (χ0n) is 9.35. The zero-order valence-corrected chi connectivity index (χ0v) is 9.35. The molecule has 0 bridgehead atoms. The molecule has 0 spiro atoms. The molecule has 0 aliphatic rings. The van der Waals surface area contributed by atoms with Gasteiger partial charge in [-0.3, -0.25) is 9.59 Å². The van der Waals surface area contributed by atoms with Gasteiger partial charge in [0.25, 0.3) is 0 Å². The SMILES string of the molecule is CCOC(=O)C(Cc1ccccc1F)C(=O)O. The third-order valence-electron chi connectivity index (χ3n) is 2.25. The first kappa shape index (κ1) is 13.2. The van der Waals surface area contributed by atoms with Crippen molar-refractivity contribution in [3.05, 3.63) is 35.6 Å². The highest BCUT2D eigenvalue weighted by atomic mass is 19.1. The molecule has 1 atom stereocenters. The van der Waals surface area contributed by atoms with Crippen LogP contribution in [-0.2, 0) is 20.7 Å². The summed E-state index contributed by atoms with van der Waals surface area (Å²) in [5.74, 6) is -4.05. The maximum Gasteiger partial charge on any atom is 0.320 e. The van der Waals surface area contributed by atoms with E-state index in [0.29, 0.717) is 0 Å². The summed E-state index contributed by atoms with van der Waals surface area (Å²) >= 11 is 0. The minimum atomic E-state index is -1.37. The lowest BCUT2D eigenvalue weighted by Gasteiger charge is -2.11. The first-order valence-corrected chi connectivity index (χ1v) is 5.19. The molecule has 4 nitrogen and oxygen atoms in total. The highest BCUT2D eigenvalue weighted by Crippen LogP contribution is 2.14. The summed E-state index contributed by atoms with van der Waals surface area (Å²) in [6.07, 6.45) is -0.208. The van der Waals surface area contributed by atoms with E-state index >= 15 is 0 Å². The van der Waals surface area contributed by atoms with Crippen LogP contribution in [0.1, 0.15) is 12.5 Å². The summed E-state index contributed by atoms with van der Waals surface area (Å²) in [6.45, 7) is 1.68. The maximum absolute atomic E-state index is 13.3. The van der Waals surface area contributed by atoms with Crippen molar-refractivity contribution < 1.29 is 23.8 Å². The smallest absolute Gasteiger partial charge is 0.320 e. The summed E-state index contributed by atoms with van der Waals surface area (Å²) in [7, 11) is 0. The van der Waals surface area contributed by atoms with E-state index in [1.54, 1.807) is 13.0 Å². The molecule has 17 heavy (non-hydrogen) atoms. The van der Waals surface area contributed by atoms with E-state index in [1.165, 1.54) is 18.2 Å². The van der Waals surface area contributed by atoms with Crippen LogP contribution < -0.4 is 0 Å². The van der Waals surface area contributed by atoms with E-state index in [0.717, 1.165) is 0 Å². The largest absolute Gasteiger partial charge is 0.481 e. The number of hydrogen-bond acceptors (Lipinski definition) is 3. The van der Waals surface area contributed by atoms with E-state index in [4.69, 9.17) is 5.11 Å². The second-order valence-corrected chi connectivity index (χ2v) is 3.44. The Kier molecular flexibility index (Phi) is 4.63. The molecular weight excluding hydrogens is 227 g/mol. The average molecular weight is 240 g/mol. The first-order valence-electron chi connectivity index (χ1n) is 5.19. The predicted octanol–water partition coefficient (Wildman–Crippen LogP) is 1.63. The molecule has 1 N–H and O–H groups in total. The minimum absolute atomic E-state index is 0.0971. The number of carboxylic acid groups (broad SMARTS) is 1. The molecule has 0 radical (unpaired) electrons. The van der Waals surface area contributed by atoms with Crippen LogP contribution in [0.15, 0.2) is 24.3 Å². The van der Waals surface area contributed by atoms with Gasteiger partial charge in [0, 0.05) is 0 Å². The lowest BCUT2D eigenvalue weighted by Crippen LogP contribution is -2.28. The molecule has 0 amide bonds. The Bertz CT molecular complexity index is 417. The summed E-state index contributed by atoms with van der Waals surface area (Å²) in [6, 6.07) is 5.76. The van der Waals surface area contributed by atoms with E-state index in [9.17, 15) is 14.0 Å². The number of esters is 1. The molecule has 92 valence electrons. The monoisotopic (exact) mass is 240 g/mol. The number of halogens is 1. The average Bonchev–Trinajstić information content (AvgIpc) is 2.27. The van der Waals surface area contributed by atoms with Crippen LogP contribution in [0.3, 0.4) is 0 Å². The quantitative estimate of drug-likeness (QED) is 0.627. The Morgan fingerprint density at radius 1 is 1.41 bits per heavy atom. The summed E-state index contributed by atoms with van der Waals surface area (Å²) in [4.78, 5) is 22.3. The van der Waals surface area contributed by atoms with Gasteiger partial charge >= 0.3 is 11.9 Å². The molecule has 5 heteroatoms. The molecule has 0 aromatic heterocycles. The maximum atomic E-state index is 13.3. The second kappa shape index (κ2) is 5.98. The van der Waals surface area contributed by atoms with Crippen molar-refractivity contribution in [1.82, 2.24) is 0 Å². The highest BCUT2D eigenvalue weighted by Gasteiger charge is 2.28. The topological polar surface area (TPSA) is 63.6 Å². The number of carbonyl (C=O) groups is 2. The predicted molar refractivity (Wildman–Crippen MR) is 57.9 cm³/mol. The standard InChI is InChI=1S/C12H13FO4/c1-2-17-12(16)9(11(14)15)7-8-5-3-4-6-10(8)13/h3-6,9H,2,7H2,1H3,(H,14,15). The first-order chi connectivity index (χ1) is 8.06. The third-order valence-corrected chi connectivity index (χ3v) is 2.25. The molecular formula is C12H13FO4. The van der Waals surface area contributed by atoms with Crippen molar-refractivity contribution in [1.29, 1.82) is 0 Å². The zero-order chi connectivity index (χ0) is 12.8. The Morgan fingerprint density at radius 3 is 2.59 bits per heavy atom. The van der Waals surface area contributed by atoms with Crippen molar-refractivity contribution in [2.45, 2.75) is 13.3 Å². The number of carbonyl (C=O) groups excluding carboxylic acids is 1. The number of aliphatic carboxylic acids is 1. The highest BCUT2D eigenvalue weighted by molar-refractivity contribution is 5.94.